The Labute approximate surface area is 326 Å². The van der Waals surface area contributed by atoms with E-state index in [9.17, 15) is 41.3 Å². The number of urea groups is 1. The summed E-state index contributed by atoms with van der Waals surface area (Å²) in [5.41, 5.74) is 3.75. The third-order valence-electron chi connectivity index (χ3n) is 9.38. The van der Waals surface area contributed by atoms with Gasteiger partial charge in [0.1, 0.15) is 11.4 Å². The van der Waals surface area contributed by atoms with Gasteiger partial charge in [0.05, 0.1) is 9.82 Å². The van der Waals surface area contributed by atoms with Crippen molar-refractivity contribution < 1.29 is 40.8 Å². The van der Waals surface area contributed by atoms with Crippen molar-refractivity contribution in [1.82, 2.24) is 9.62 Å². The van der Waals surface area contributed by atoms with E-state index in [2.05, 4.69) is 44.1 Å². The van der Waals surface area contributed by atoms with Gasteiger partial charge in [-0.3, -0.25) is 24.7 Å². The Morgan fingerprint density at radius 1 is 0.877 bits per heavy atom. The molecule has 0 spiro atoms. The van der Waals surface area contributed by atoms with E-state index in [1.54, 1.807) is 12.1 Å². The third kappa shape index (κ3) is 9.86. The molecule has 1 heterocycles. The first-order valence-corrected chi connectivity index (χ1v) is 19.0. The second-order valence-electron chi connectivity index (χ2n) is 13.2. The van der Waals surface area contributed by atoms with Crippen molar-refractivity contribution in [3.8, 4) is 16.9 Å². The molecule has 0 radical (unpaired) electrons. The summed E-state index contributed by atoms with van der Waals surface area (Å²) in [6.07, 6.45) is -4.92. The Hall–Kier alpha value is -6.46. The zero-order chi connectivity index (χ0) is 40.9. The lowest BCUT2D eigenvalue weighted by Crippen LogP contribution is -2.46. The lowest BCUT2D eigenvalue weighted by atomic mass is 9.99. The second kappa shape index (κ2) is 16.7. The van der Waals surface area contributed by atoms with Gasteiger partial charge in [0.15, 0.2) is 0 Å². The van der Waals surface area contributed by atoms with Crippen molar-refractivity contribution in [1.29, 1.82) is 0 Å². The number of benzene rings is 5. The molecule has 1 saturated heterocycles. The number of anilines is 3. The Kier molecular flexibility index (Phi) is 11.8. The molecule has 0 unspecified atom stereocenters. The molecule has 1 aliphatic heterocycles. The highest BCUT2D eigenvalue weighted by Crippen LogP contribution is 2.32. The summed E-state index contributed by atoms with van der Waals surface area (Å²) in [5, 5.41) is 14.3. The summed E-state index contributed by atoms with van der Waals surface area (Å²) in [6, 6.07) is 30.1. The number of ether oxygens (including phenoxy) is 1. The number of amides is 3. The van der Waals surface area contributed by atoms with Gasteiger partial charge in [0.2, 0.25) is 0 Å². The number of rotatable bonds is 11. The largest absolute Gasteiger partial charge is 0.573 e. The smallest absolute Gasteiger partial charge is 0.406 e. The van der Waals surface area contributed by atoms with E-state index in [0.29, 0.717) is 6.07 Å². The van der Waals surface area contributed by atoms with Crippen LogP contribution in [0.2, 0.25) is 0 Å². The number of piperazine rings is 1. The van der Waals surface area contributed by atoms with Crippen molar-refractivity contribution in [2.45, 2.75) is 24.7 Å². The molecule has 13 nitrogen and oxygen atoms in total. The molecule has 0 aliphatic carbocycles. The van der Waals surface area contributed by atoms with Crippen LogP contribution in [0.15, 0.2) is 120 Å². The predicted octanol–water partition coefficient (Wildman–Crippen LogP) is 7.58. The van der Waals surface area contributed by atoms with Gasteiger partial charge < -0.3 is 15.0 Å². The van der Waals surface area contributed by atoms with Crippen LogP contribution in [0, 0.1) is 17.0 Å². The minimum Gasteiger partial charge on any atom is -0.406 e. The molecule has 0 bridgehead atoms. The first-order chi connectivity index (χ1) is 27.1. The summed E-state index contributed by atoms with van der Waals surface area (Å²) >= 11 is 0. The molecule has 3 amide bonds. The molecular weight excluding hydrogens is 766 g/mol. The lowest BCUT2D eigenvalue weighted by molar-refractivity contribution is -0.384. The zero-order valence-corrected chi connectivity index (χ0v) is 31.5. The number of nitrogens with one attached hydrogen (secondary N) is 2. The molecule has 57 heavy (non-hydrogen) atoms. The van der Waals surface area contributed by atoms with Gasteiger partial charge in [-0.25, -0.2) is 17.9 Å². The van der Waals surface area contributed by atoms with E-state index < -0.39 is 49.6 Å². The molecule has 5 aromatic rings. The van der Waals surface area contributed by atoms with Crippen LogP contribution in [0.25, 0.3) is 11.1 Å². The average molecular weight is 803 g/mol. The summed E-state index contributed by atoms with van der Waals surface area (Å²) < 4.78 is 70.0. The molecule has 5 aromatic carbocycles. The van der Waals surface area contributed by atoms with E-state index >= 15 is 0 Å². The second-order valence-corrected chi connectivity index (χ2v) is 14.9. The first-order valence-electron chi connectivity index (χ1n) is 17.6. The van der Waals surface area contributed by atoms with Gasteiger partial charge in [-0.1, -0.05) is 54.6 Å². The molecule has 1 fully saturated rings. The van der Waals surface area contributed by atoms with Crippen molar-refractivity contribution >= 4 is 44.7 Å². The van der Waals surface area contributed by atoms with Crippen molar-refractivity contribution in [2.24, 2.45) is 0 Å². The van der Waals surface area contributed by atoms with Gasteiger partial charge in [0, 0.05) is 62.8 Å². The van der Waals surface area contributed by atoms with Crippen LogP contribution in [0.1, 0.15) is 21.5 Å². The number of aryl methyl sites for hydroxylation is 1. The van der Waals surface area contributed by atoms with Crippen molar-refractivity contribution in [3.05, 3.63) is 142 Å². The van der Waals surface area contributed by atoms with Crippen LogP contribution in [0.5, 0.6) is 5.75 Å². The van der Waals surface area contributed by atoms with Crippen LogP contribution in [-0.2, 0) is 16.6 Å². The highest BCUT2D eigenvalue weighted by Gasteiger charge is 2.31. The minimum absolute atomic E-state index is 0.0493. The standard InChI is InChI=1S/C40H37F3N6O7S/c1-27-24-32(56-40(41,42)43)16-19-36(27)46(2)39(51)44-35-18-17-33(25-37(35)49(52)53)57(54,55)45-38(50)29-12-14-31(15-13-29)48-22-20-47(21-23-48)26-30-10-6-7-11-34(30)28-8-4-3-5-9-28/h3-19,24-25H,20-23,26H2,1-2H3,(H,44,51)(H,45,50). The Morgan fingerprint density at radius 2 is 1.54 bits per heavy atom. The fraction of sp³-hybridized carbons (Fsp3) is 0.200. The number of hydrogen-bond acceptors (Lipinski definition) is 9. The van der Waals surface area contributed by atoms with Crippen LogP contribution in [-0.4, -0.2) is 69.8 Å². The van der Waals surface area contributed by atoms with E-state index in [1.807, 2.05) is 35.1 Å². The molecule has 0 atom stereocenters. The maximum atomic E-state index is 13.2. The number of alkyl halides is 3. The molecule has 0 aromatic heterocycles. The third-order valence-corrected chi connectivity index (χ3v) is 10.7. The van der Waals surface area contributed by atoms with Gasteiger partial charge in [-0.05, 0) is 83.8 Å². The number of halogens is 3. The first kappa shape index (κ1) is 40.2. The molecule has 2 N–H and O–H groups in total. The Bertz CT molecular complexity index is 2390. The Morgan fingerprint density at radius 3 is 2.19 bits per heavy atom. The number of hydrogen-bond donors (Lipinski definition) is 2. The number of nitro benzene ring substituents is 1. The van der Waals surface area contributed by atoms with E-state index in [0.717, 1.165) is 67.6 Å². The van der Waals surface area contributed by atoms with Crippen LogP contribution in [0.3, 0.4) is 0 Å². The van der Waals surface area contributed by atoms with Crippen molar-refractivity contribution in [2.75, 3.05) is 48.3 Å². The maximum absolute atomic E-state index is 13.2. The fourth-order valence-corrected chi connectivity index (χ4v) is 7.47. The topological polar surface area (TPSA) is 154 Å². The van der Waals surface area contributed by atoms with Gasteiger partial charge >= 0.3 is 12.4 Å². The number of nitro groups is 1. The molecule has 17 heteroatoms. The molecule has 0 saturated carbocycles. The quantitative estimate of drug-likeness (QED) is 0.102. The molecule has 6 rings (SSSR count). The number of carbonyl (C=O) groups is 2. The zero-order valence-electron chi connectivity index (χ0n) is 30.7. The monoisotopic (exact) mass is 802 g/mol. The van der Waals surface area contributed by atoms with E-state index in [4.69, 9.17) is 0 Å². The van der Waals surface area contributed by atoms with Crippen LogP contribution in [0.4, 0.5) is 40.7 Å². The summed E-state index contributed by atoms with van der Waals surface area (Å²) in [4.78, 5) is 42.1. The maximum Gasteiger partial charge on any atom is 0.573 e. The van der Waals surface area contributed by atoms with Gasteiger partial charge in [-0.15, -0.1) is 13.2 Å². The van der Waals surface area contributed by atoms with E-state index in [-0.39, 0.29) is 22.5 Å². The Balaban J connectivity index is 1.06. The average Bonchev–Trinajstić information content (AvgIpc) is 3.18. The van der Waals surface area contributed by atoms with Gasteiger partial charge in [0.25, 0.3) is 21.6 Å². The number of nitrogens with zero attached hydrogens (tertiary/aromatic N) is 4. The van der Waals surface area contributed by atoms with E-state index in [1.165, 1.54) is 48.9 Å². The number of sulfonamides is 1. The fourth-order valence-electron chi connectivity index (χ4n) is 6.47. The molecule has 1 aliphatic rings. The normalized spacial score (nSPS) is 13.5. The van der Waals surface area contributed by atoms with Crippen LogP contribution < -0.4 is 24.6 Å². The van der Waals surface area contributed by atoms with Gasteiger partial charge in [-0.2, -0.15) is 0 Å². The van der Waals surface area contributed by atoms with Crippen LogP contribution >= 0.6 is 0 Å². The SMILES string of the molecule is Cc1cc(OC(F)(F)F)ccc1N(C)C(=O)Nc1ccc(S(=O)(=O)NC(=O)c2ccc(N3CCN(Cc4ccccc4-c4ccccc4)CC3)cc2)cc1[N+](=O)[O-]. The minimum atomic E-state index is -4.92. The summed E-state index contributed by atoms with van der Waals surface area (Å²) in [5.74, 6) is -1.46. The predicted molar refractivity (Wildman–Crippen MR) is 209 cm³/mol. The number of carbonyl (C=O) groups excluding carboxylic acids is 2. The summed E-state index contributed by atoms with van der Waals surface area (Å²) in [7, 11) is -3.33. The summed E-state index contributed by atoms with van der Waals surface area (Å²) in [6.45, 7) is 5.34. The highest BCUT2D eigenvalue weighted by molar-refractivity contribution is 7.90. The highest BCUT2D eigenvalue weighted by atomic mass is 32.2. The molecular formula is C40H37F3N6O7S. The lowest BCUT2D eigenvalue weighted by Gasteiger charge is -2.36. The molecule has 296 valence electrons. The van der Waals surface area contributed by atoms with Crippen molar-refractivity contribution in [3.63, 3.8) is 0 Å².